The molecule has 2 aromatic rings. The zero-order valence-corrected chi connectivity index (χ0v) is 8.33. The minimum absolute atomic E-state index is 1.05. The number of rotatable bonds is 0. The van der Waals surface area contributed by atoms with Gasteiger partial charge in [0.1, 0.15) is 0 Å². The van der Waals surface area contributed by atoms with Crippen molar-refractivity contribution in [2.24, 2.45) is 0 Å². The van der Waals surface area contributed by atoms with Crippen molar-refractivity contribution in [3.8, 4) is 11.8 Å². The molecule has 1 nitrogen and oxygen atoms in total. The van der Waals surface area contributed by atoms with Crippen molar-refractivity contribution in [2.45, 2.75) is 13.8 Å². The molecule has 0 saturated carbocycles. The highest BCUT2D eigenvalue weighted by Crippen LogP contribution is 2.19. The molecule has 1 heterocycles. The Bertz CT molecular complexity index is 530. The summed E-state index contributed by atoms with van der Waals surface area (Å²) in [4.78, 5) is 4.36. The Kier molecular flexibility index (Phi) is 2.20. The summed E-state index contributed by atoms with van der Waals surface area (Å²) in [6.45, 7) is 3.92. The summed E-state index contributed by atoms with van der Waals surface area (Å²) < 4.78 is 0. The summed E-state index contributed by atoms with van der Waals surface area (Å²) in [7, 11) is 0. The highest BCUT2D eigenvalue weighted by Gasteiger charge is 2.00. The Hall–Kier alpha value is -1.81. The van der Waals surface area contributed by atoms with Crippen molar-refractivity contribution >= 4 is 10.9 Å². The molecule has 0 amide bonds. The monoisotopic (exact) mass is 181 g/mol. The van der Waals surface area contributed by atoms with E-state index in [9.17, 15) is 0 Å². The lowest BCUT2D eigenvalue weighted by Crippen LogP contribution is -1.86. The molecule has 1 aromatic heterocycles. The van der Waals surface area contributed by atoms with Gasteiger partial charge in [-0.25, -0.2) is 0 Å². The third-order valence-electron chi connectivity index (χ3n) is 2.23. The molecule has 1 aromatic carbocycles. The molecular weight excluding hydrogens is 170 g/mol. The molecule has 0 aliphatic rings. The Labute approximate surface area is 83.8 Å². The second-order valence-corrected chi connectivity index (χ2v) is 3.20. The van der Waals surface area contributed by atoms with Gasteiger partial charge in [-0.3, -0.25) is 4.98 Å². The minimum Gasteiger partial charge on any atom is -0.256 e. The molecule has 0 aliphatic carbocycles. The molecule has 0 fully saturated rings. The molecule has 0 aliphatic heterocycles. The van der Waals surface area contributed by atoms with E-state index in [1.54, 1.807) is 0 Å². The summed E-state index contributed by atoms with van der Waals surface area (Å²) >= 11 is 0. The number of hydrogen-bond acceptors (Lipinski definition) is 1. The van der Waals surface area contributed by atoms with Crippen molar-refractivity contribution in [3.05, 3.63) is 41.6 Å². The molecule has 68 valence electrons. The van der Waals surface area contributed by atoms with Crippen molar-refractivity contribution in [1.29, 1.82) is 0 Å². The van der Waals surface area contributed by atoms with E-state index in [2.05, 4.69) is 41.9 Å². The van der Waals surface area contributed by atoms with Gasteiger partial charge in [0.15, 0.2) is 0 Å². The fourth-order valence-corrected chi connectivity index (χ4v) is 1.56. The summed E-state index contributed by atoms with van der Waals surface area (Å²) in [5, 5.41) is 1.14. The maximum Gasteiger partial charge on any atom is 0.0743 e. The number of benzene rings is 1. The van der Waals surface area contributed by atoms with Gasteiger partial charge in [-0.15, -0.1) is 5.92 Å². The van der Waals surface area contributed by atoms with Crippen LogP contribution < -0.4 is 0 Å². The van der Waals surface area contributed by atoms with E-state index in [0.717, 1.165) is 16.5 Å². The standard InChI is InChI=1S/C13H11N/c1-3-5-11-8-7-10(2)13-12(11)6-4-9-14-13/h4,6-9H,1-2H3. The van der Waals surface area contributed by atoms with Gasteiger partial charge in [-0.1, -0.05) is 18.1 Å². The minimum atomic E-state index is 1.05. The van der Waals surface area contributed by atoms with Crippen LogP contribution in [0.4, 0.5) is 0 Å². The molecule has 0 N–H and O–H groups in total. The average Bonchev–Trinajstić information content (AvgIpc) is 2.23. The van der Waals surface area contributed by atoms with Gasteiger partial charge in [0.25, 0.3) is 0 Å². The van der Waals surface area contributed by atoms with E-state index in [4.69, 9.17) is 0 Å². The SMILES string of the molecule is CC#Cc1ccc(C)c2ncccc12. The third-order valence-corrected chi connectivity index (χ3v) is 2.23. The number of aromatic nitrogens is 1. The van der Waals surface area contributed by atoms with Crippen LogP contribution in [0.2, 0.25) is 0 Å². The van der Waals surface area contributed by atoms with Crippen LogP contribution in [0.25, 0.3) is 10.9 Å². The zero-order chi connectivity index (χ0) is 9.97. The van der Waals surface area contributed by atoms with E-state index < -0.39 is 0 Å². The van der Waals surface area contributed by atoms with Gasteiger partial charge >= 0.3 is 0 Å². The van der Waals surface area contributed by atoms with Gasteiger partial charge in [-0.2, -0.15) is 0 Å². The molecule has 0 spiro atoms. The Morgan fingerprint density at radius 1 is 1.21 bits per heavy atom. The van der Waals surface area contributed by atoms with Crippen LogP contribution in [0.15, 0.2) is 30.5 Å². The maximum atomic E-state index is 4.36. The van der Waals surface area contributed by atoms with Gasteiger partial charge in [0.2, 0.25) is 0 Å². The molecule has 2 rings (SSSR count). The van der Waals surface area contributed by atoms with Crippen molar-refractivity contribution in [3.63, 3.8) is 0 Å². The molecule has 0 atom stereocenters. The number of fused-ring (bicyclic) bond motifs is 1. The number of hydrogen-bond donors (Lipinski definition) is 0. The normalized spacial score (nSPS) is 9.57. The fraction of sp³-hybridized carbons (Fsp3) is 0.154. The lowest BCUT2D eigenvalue weighted by molar-refractivity contribution is 1.36. The second kappa shape index (κ2) is 3.51. The fourth-order valence-electron chi connectivity index (χ4n) is 1.56. The van der Waals surface area contributed by atoms with Crippen LogP contribution in [0.5, 0.6) is 0 Å². The zero-order valence-electron chi connectivity index (χ0n) is 8.33. The summed E-state index contributed by atoms with van der Waals surface area (Å²) in [6, 6.07) is 8.13. The molecular formula is C13H11N. The second-order valence-electron chi connectivity index (χ2n) is 3.20. The topological polar surface area (TPSA) is 12.9 Å². The van der Waals surface area contributed by atoms with Crippen molar-refractivity contribution in [1.82, 2.24) is 4.98 Å². The maximum absolute atomic E-state index is 4.36. The van der Waals surface area contributed by atoms with E-state index in [1.807, 2.05) is 19.2 Å². The molecule has 0 radical (unpaired) electrons. The lowest BCUT2D eigenvalue weighted by Gasteiger charge is -2.02. The van der Waals surface area contributed by atoms with Gasteiger partial charge in [0, 0.05) is 17.1 Å². The molecule has 0 bridgehead atoms. The number of pyridine rings is 1. The molecule has 14 heavy (non-hydrogen) atoms. The summed E-state index contributed by atoms with van der Waals surface area (Å²) in [6.07, 6.45) is 1.82. The molecule has 0 unspecified atom stereocenters. The van der Waals surface area contributed by atoms with Crippen LogP contribution in [-0.2, 0) is 0 Å². The Balaban J connectivity index is 2.86. The van der Waals surface area contributed by atoms with E-state index in [0.29, 0.717) is 0 Å². The largest absolute Gasteiger partial charge is 0.256 e. The molecule has 0 saturated heterocycles. The first-order valence-electron chi connectivity index (χ1n) is 4.60. The Morgan fingerprint density at radius 3 is 2.86 bits per heavy atom. The Morgan fingerprint density at radius 2 is 2.07 bits per heavy atom. The first-order chi connectivity index (χ1) is 6.83. The first-order valence-corrected chi connectivity index (χ1v) is 4.60. The predicted molar refractivity (Wildman–Crippen MR) is 59.0 cm³/mol. The average molecular weight is 181 g/mol. The van der Waals surface area contributed by atoms with Crippen LogP contribution >= 0.6 is 0 Å². The first kappa shape index (κ1) is 8.77. The lowest BCUT2D eigenvalue weighted by atomic mass is 10.1. The predicted octanol–water partition coefficient (Wildman–Crippen LogP) is 2.91. The van der Waals surface area contributed by atoms with Gasteiger partial charge < -0.3 is 0 Å². The smallest absolute Gasteiger partial charge is 0.0743 e. The third kappa shape index (κ3) is 1.36. The van der Waals surface area contributed by atoms with Crippen LogP contribution in [0, 0.1) is 18.8 Å². The molecule has 1 heteroatoms. The highest BCUT2D eigenvalue weighted by atomic mass is 14.6. The number of nitrogens with zero attached hydrogens (tertiary/aromatic N) is 1. The van der Waals surface area contributed by atoms with Crippen molar-refractivity contribution < 1.29 is 0 Å². The van der Waals surface area contributed by atoms with Gasteiger partial charge in [-0.05, 0) is 31.5 Å². The van der Waals surface area contributed by atoms with Crippen LogP contribution in [0.1, 0.15) is 18.1 Å². The van der Waals surface area contributed by atoms with Crippen LogP contribution in [0.3, 0.4) is 0 Å². The highest BCUT2D eigenvalue weighted by molar-refractivity contribution is 5.87. The summed E-state index contributed by atoms with van der Waals surface area (Å²) in [5.41, 5.74) is 3.30. The van der Waals surface area contributed by atoms with Crippen LogP contribution in [-0.4, -0.2) is 4.98 Å². The van der Waals surface area contributed by atoms with E-state index in [1.165, 1.54) is 5.56 Å². The van der Waals surface area contributed by atoms with E-state index in [-0.39, 0.29) is 0 Å². The number of aryl methyl sites for hydroxylation is 1. The van der Waals surface area contributed by atoms with E-state index >= 15 is 0 Å². The summed E-state index contributed by atoms with van der Waals surface area (Å²) in [5.74, 6) is 6.01. The van der Waals surface area contributed by atoms with Gasteiger partial charge in [0.05, 0.1) is 5.52 Å². The van der Waals surface area contributed by atoms with Crippen molar-refractivity contribution in [2.75, 3.05) is 0 Å². The quantitative estimate of drug-likeness (QED) is 0.569.